The number of hydrogen-bond acceptors (Lipinski definition) is 8. The minimum absolute atomic E-state index is 0.0531. The minimum atomic E-state index is -1.31. The van der Waals surface area contributed by atoms with Gasteiger partial charge in [-0.25, -0.2) is 13.8 Å². The summed E-state index contributed by atoms with van der Waals surface area (Å²) in [6.07, 6.45) is -2.00. The lowest BCUT2D eigenvalue weighted by atomic mass is 10.1. The third-order valence-electron chi connectivity index (χ3n) is 4.62. The van der Waals surface area contributed by atoms with Gasteiger partial charge in [0.25, 0.3) is 12.1 Å². The van der Waals surface area contributed by atoms with Gasteiger partial charge in [-0.05, 0) is 17.7 Å². The van der Waals surface area contributed by atoms with Crippen molar-refractivity contribution in [2.45, 2.75) is 31.1 Å². The lowest BCUT2D eigenvalue weighted by Gasteiger charge is -2.15. The fourth-order valence-corrected chi connectivity index (χ4v) is 3.17. The molecule has 10 nitrogen and oxygen atoms in total. The Labute approximate surface area is 162 Å². The fraction of sp³-hybridized carbons (Fsp3) is 0.353. The number of hydrogen-bond donors (Lipinski definition) is 4. The van der Waals surface area contributed by atoms with Gasteiger partial charge in [0.2, 0.25) is 11.2 Å². The van der Waals surface area contributed by atoms with Crippen LogP contribution in [0.25, 0.3) is 11.2 Å². The zero-order chi connectivity index (χ0) is 20.7. The number of imidazole rings is 1. The van der Waals surface area contributed by atoms with Crippen LogP contribution < -0.4 is 15.3 Å². The number of anilines is 1. The van der Waals surface area contributed by atoms with Crippen molar-refractivity contribution in [3.63, 3.8) is 0 Å². The zero-order valence-corrected chi connectivity index (χ0v) is 14.9. The van der Waals surface area contributed by atoms with Crippen LogP contribution in [-0.2, 0) is 11.3 Å². The quantitative estimate of drug-likeness (QED) is 0.386. The van der Waals surface area contributed by atoms with E-state index >= 15 is 0 Å². The number of rotatable bonds is 5. The van der Waals surface area contributed by atoms with Gasteiger partial charge in [0.1, 0.15) is 36.3 Å². The molecule has 5 N–H and O–H groups in total. The third-order valence-corrected chi connectivity index (χ3v) is 4.62. The molecule has 1 aliphatic rings. The monoisotopic (exact) mass is 410 g/mol. The standard InChI is InChI=1S/C17H17F2N5O5/c18-9-1-8(2-10(19)3-9)5-28-24-7-22-16-12(15(24)20)21-6-23(16)17-14(27)13(26)11(4-25)29-17/h1-3,6-7,11,13-14,17,20,25-27H,4-5H2/p+1/t11-,13-,14-,17-/m1/s1. The Bertz CT molecular complexity index is 1030. The summed E-state index contributed by atoms with van der Waals surface area (Å²) in [5, 5.41) is 29.3. The molecule has 0 bridgehead atoms. The Kier molecular flexibility index (Phi) is 5.00. The number of benzene rings is 1. The van der Waals surface area contributed by atoms with E-state index < -0.39 is 42.8 Å². The molecule has 0 spiro atoms. The van der Waals surface area contributed by atoms with Crippen LogP contribution in [0.1, 0.15) is 11.8 Å². The maximum absolute atomic E-state index is 13.3. The highest BCUT2D eigenvalue weighted by Gasteiger charge is 2.44. The molecule has 4 atom stereocenters. The Morgan fingerprint density at radius 1 is 1.17 bits per heavy atom. The maximum Gasteiger partial charge on any atom is 0.289 e. The number of nitrogens with two attached hydrogens (primary N) is 1. The highest BCUT2D eigenvalue weighted by atomic mass is 19.1. The largest absolute Gasteiger partial charge is 0.394 e. The van der Waals surface area contributed by atoms with Gasteiger partial charge in [-0.3, -0.25) is 4.57 Å². The van der Waals surface area contributed by atoms with Gasteiger partial charge >= 0.3 is 0 Å². The SMILES string of the molecule is Nc1c2ncn([C@@H]3O[C@H](CO)[C@@H](O)[C@H]3O)c2nc[n+]1OCc1cc(F)cc(F)c1. The van der Waals surface area contributed by atoms with E-state index in [4.69, 9.17) is 15.3 Å². The highest BCUT2D eigenvalue weighted by molar-refractivity contribution is 5.79. The molecule has 0 unspecified atom stereocenters. The van der Waals surface area contributed by atoms with Crippen LogP contribution in [0.15, 0.2) is 30.9 Å². The Morgan fingerprint density at radius 3 is 2.55 bits per heavy atom. The lowest BCUT2D eigenvalue weighted by molar-refractivity contribution is -0.885. The van der Waals surface area contributed by atoms with Crippen molar-refractivity contribution in [3.8, 4) is 0 Å². The highest BCUT2D eigenvalue weighted by Crippen LogP contribution is 2.31. The number of aromatic nitrogens is 4. The average molecular weight is 410 g/mol. The molecule has 12 heteroatoms. The van der Waals surface area contributed by atoms with Crippen molar-refractivity contribution >= 4 is 17.0 Å². The van der Waals surface area contributed by atoms with Gasteiger partial charge in [0, 0.05) is 6.07 Å². The fourth-order valence-electron chi connectivity index (χ4n) is 3.17. The van der Waals surface area contributed by atoms with E-state index in [1.807, 2.05) is 0 Å². The number of nitrogens with zero attached hydrogens (tertiary/aromatic N) is 4. The van der Waals surface area contributed by atoms with Gasteiger partial charge < -0.3 is 30.6 Å². The first kappa shape index (κ1) is 19.4. The van der Waals surface area contributed by atoms with Crippen LogP contribution in [0.2, 0.25) is 0 Å². The molecule has 1 fully saturated rings. The Hall–Kier alpha value is -2.93. The molecule has 0 saturated carbocycles. The van der Waals surface area contributed by atoms with Gasteiger partial charge in [0.05, 0.1) is 6.61 Å². The number of aliphatic hydroxyl groups is 3. The molecule has 0 radical (unpaired) electrons. The Morgan fingerprint density at radius 2 is 1.90 bits per heavy atom. The van der Waals surface area contributed by atoms with Crippen LogP contribution in [-0.4, -0.2) is 54.8 Å². The van der Waals surface area contributed by atoms with Crippen molar-refractivity contribution in [2.24, 2.45) is 0 Å². The average Bonchev–Trinajstić information content (AvgIpc) is 3.22. The number of ether oxygens (including phenoxy) is 1. The van der Waals surface area contributed by atoms with Crippen molar-refractivity contribution in [2.75, 3.05) is 12.3 Å². The molecule has 1 aromatic carbocycles. The topological polar surface area (TPSA) is 140 Å². The van der Waals surface area contributed by atoms with E-state index in [1.54, 1.807) is 0 Å². The van der Waals surface area contributed by atoms with Crippen molar-refractivity contribution < 1.29 is 38.4 Å². The maximum atomic E-state index is 13.3. The van der Waals surface area contributed by atoms with E-state index in [2.05, 4.69) is 9.97 Å². The van der Waals surface area contributed by atoms with Crippen LogP contribution >= 0.6 is 0 Å². The first-order chi connectivity index (χ1) is 13.9. The summed E-state index contributed by atoms with van der Waals surface area (Å²) in [7, 11) is 0. The first-order valence-electron chi connectivity index (χ1n) is 8.62. The number of nitrogen functional groups attached to an aromatic ring is 1. The van der Waals surface area contributed by atoms with Crippen LogP contribution in [0.3, 0.4) is 0 Å². The zero-order valence-electron chi connectivity index (χ0n) is 14.9. The molecule has 2 aromatic heterocycles. The molecule has 0 aliphatic carbocycles. The van der Waals surface area contributed by atoms with E-state index in [-0.39, 0.29) is 29.2 Å². The predicted molar refractivity (Wildman–Crippen MR) is 91.8 cm³/mol. The summed E-state index contributed by atoms with van der Waals surface area (Å²) in [5.74, 6) is -1.41. The van der Waals surface area contributed by atoms with E-state index in [9.17, 15) is 24.1 Å². The molecule has 3 heterocycles. The predicted octanol–water partition coefficient (Wildman–Crippen LogP) is -1.18. The number of fused-ring (bicyclic) bond motifs is 1. The minimum Gasteiger partial charge on any atom is -0.394 e. The summed E-state index contributed by atoms with van der Waals surface area (Å²) < 4.78 is 34.5. The van der Waals surface area contributed by atoms with Crippen molar-refractivity contribution in [1.29, 1.82) is 0 Å². The molecule has 154 valence electrons. The van der Waals surface area contributed by atoms with Gasteiger partial charge in [-0.15, -0.1) is 0 Å². The van der Waals surface area contributed by atoms with Crippen LogP contribution in [0.5, 0.6) is 0 Å². The van der Waals surface area contributed by atoms with Crippen molar-refractivity contribution in [3.05, 3.63) is 48.1 Å². The van der Waals surface area contributed by atoms with Gasteiger partial charge in [-0.2, -0.15) is 0 Å². The normalized spacial score (nSPS) is 24.3. The second kappa shape index (κ2) is 7.48. The lowest BCUT2D eigenvalue weighted by Crippen LogP contribution is -2.45. The van der Waals surface area contributed by atoms with Crippen LogP contribution in [0.4, 0.5) is 14.6 Å². The Balaban J connectivity index is 1.59. The van der Waals surface area contributed by atoms with Gasteiger partial charge in [-0.1, -0.05) is 9.71 Å². The molecular weight excluding hydrogens is 392 g/mol. The number of aliphatic hydroxyl groups excluding tert-OH is 3. The molecule has 29 heavy (non-hydrogen) atoms. The molecule has 1 saturated heterocycles. The summed E-state index contributed by atoms with van der Waals surface area (Å²) in [4.78, 5) is 13.8. The second-order valence-corrected chi connectivity index (χ2v) is 6.56. The molecule has 3 aromatic rings. The van der Waals surface area contributed by atoms with E-state index in [0.717, 1.165) is 22.9 Å². The summed E-state index contributed by atoms with van der Waals surface area (Å²) in [6.45, 7) is -0.641. The third kappa shape index (κ3) is 3.46. The molecule has 1 aliphatic heterocycles. The molecule has 4 rings (SSSR count). The smallest absolute Gasteiger partial charge is 0.289 e. The van der Waals surface area contributed by atoms with Crippen molar-refractivity contribution in [1.82, 2.24) is 14.5 Å². The first-order valence-corrected chi connectivity index (χ1v) is 8.62. The molecule has 0 amide bonds. The van der Waals surface area contributed by atoms with Crippen LogP contribution in [0, 0.1) is 11.6 Å². The number of halogens is 2. The van der Waals surface area contributed by atoms with E-state index in [1.165, 1.54) is 17.2 Å². The summed E-state index contributed by atoms with van der Waals surface area (Å²) >= 11 is 0. The van der Waals surface area contributed by atoms with E-state index in [0.29, 0.717) is 0 Å². The summed E-state index contributed by atoms with van der Waals surface area (Å²) in [5.41, 5.74) is 6.77. The summed E-state index contributed by atoms with van der Waals surface area (Å²) in [6, 6.07) is 3.01. The second-order valence-electron chi connectivity index (χ2n) is 6.56. The van der Waals surface area contributed by atoms with Gasteiger partial charge in [0.15, 0.2) is 12.8 Å². The molecular formula is C17H18F2N5O5+.